The zero-order chi connectivity index (χ0) is 18.2. The van der Waals surface area contributed by atoms with Crippen molar-refractivity contribution in [3.8, 4) is 0 Å². The molecule has 25 heavy (non-hydrogen) atoms. The van der Waals surface area contributed by atoms with E-state index in [4.69, 9.17) is 10.5 Å². The third-order valence-electron chi connectivity index (χ3n) is 3.78. The lowest BCUT2D eigenvalue weighted by molar-refractivity contribution is -0.135. The summed E-state index contributed by atoms with van der Waals surface area (Å²) in [6.45, 7) is 2.12. The maximum absolute atomic E-state index is 12.4. The molecule has 3 amide bonds. The molecule has 0 bridgehead atoms. The van der Waals surface area contributed by atoms with Crippen LogP contribution in [0, 0.1) is 0 Å². The first-order valence-corrected chi connectivity index (χ1v) is 8.16. The molecular weight excluding hydrogens is 324 g/mol. The number of aliphatic imine (C=N–C) groups is 1. The number of hydrogen-bond acceptors (Lipinski definition) is 4. The molecule has 0 radical (unpaired) electrons. The second kappa shape index (κ2) is 8.81. The first-order chi connectivity index (χ1) is 12.0. The number of benzene rings is 1. The minimum absolute atomic E-state index is 0.0690. The van der Waals surface area contributed by atoms with Crippen LogP contribution in [0.4, 0.5) is 4.79 Å². The number of nitrogens with one attached hydrogen (secondary N) is 1. The number of piperidine rings is 1. The quantitative estimate of drug-likeness (QED) is 0.627. The van der Waals surface area contributed by atoms with Crippen molar-refractivity contribution in [1.29, 1.82) is 0 Å². The predicted molar refractivity (Wildman–Crippen MR) is 91.4 cm³/mol. The number of hydrogen-bond donors (Lipinski definition) is 2. The van der Waals surface area contributed by atoms with Crippen molar-refractivity contribution in [2.24, 2.45) is 10.7 Å². The minimum atomic E-state index is -0.867. The first-order valence-electron chi connectivity index (χ1n) is 8.16. The van der Waals surface area contributed by atoms with Crippen molar-refractivity contribution in [2.75, 3.05) is 6.54 Å². The van der Waals surface area contributed by atoms with Crippen LogP contribution < -0.4 is 11.1 Å². The van der Waals surface area contributed by atoms with E-state index in [1.807, 2.05) is 30.3 Å². The number of carbonyl (C=O) groups is 3. The van der Waals surface area contributed by atoms with Crippen LogP contribution in [0.5, 0.6) is 0 Å². The van der Waals surface area contributed by atoms with Gasteiger partial charge in [0.25, 0.3) is 5.91 Å². The highest BCUT2D eigenvalue weighted by atomic mass is 16.5. The smallest absolute Gasteiger partial charge is 0.437 e. The average Bonchev–Trinajstić information content (AvgIpc) is 2.62. The Morgan fingerprint density at radius 2 is 2.08 bits per heavy atom. The van der Waals surface area contributed by atoms with Gasteiger partial charge in [-0.1, -0.05) is 37.3 Å². The van der Waals surface area contributed by atoms with E-state index in [0.717, 1.165) is 5.56 Å². The van der Waals surface area contributed by atoms with Crippen molar-refractivity contribution in [3.63, 3.8) is 0 Å². The topological polar surface area (TPSA) is 114 Å². The average molecular weight is 346 g/mol. The summed E-state index contributed by atoms with van der Waals surface area (Å²) >= 11 is 0. The molecule has 1 fully saturated rings. The lowest BCUT2D eigenvalue weighted by Gasteiger charge is -2.31. The fourth-order valence-corrected chi connectivity index (χ4v) is 2.44. The van der Waals surface area contributed by atoms with Gasteiger partial charge >= 0.3 is 6.09 Å². The predicted octanol–water partition coefficient (Wildman–Crippen LogP) is 1.16. The van der Waals surface area contributed by atoms with E-state index in [1.165, 1.54) is 4.90 Å². The third-order valence-corrected chi connectivity index (χ3v) is 3.78. The summed E-state index contributed by atoms with van der Waals surface area (Å²) in [5.74, 6) is -0.804. The molecule has 1 aliphatic rings. The Balaban J connectivity index is 1.94. The Morgan fingerprint density at radius 1 is 1.36 bits per heavy atom. The molecule has 1 saturated heterocycles. The van der Waals surface area contributed by atoms with Crippen LogP contribution in [-0.4, -0.2) is 41.4 Å². The standard InChI is InChI=1S/C17H22N4O4/c1-2-14(22)19-13-9-6-10-21(15(13)23)16(18)20-17(24)25-11-12-7-4-3-5-8-12/h3-5,7-8,13H,2,6,9-11H2,1H3,(H,19,22)(H2,18,20,24)/t13-/m0/s1. The highest BCUT2D eigenvalue weighted by Crippen LogP contribution is 2.12. The van der Waals surface area contributed by atoms with Crippen LogP contribution in [0.15, 0.2) is 35.3 Å². The number of ether oxygens (including phenoxy) is 1. The van der Waals surface area contributed by atoms with E-state index in [0.29, 0.717) is 25.8 Å². The normalized spacial score (nSPS) is 18.0. The Bertz CT molecular complexity index is 660. The van der Waals surface area contributed by atoms with Crippen molar-refractivity contribution in [2.45, 2.75) is 38.8 Å². The van der Waals surface area contributed by atoms with Crippen molar-refractivity contribution in [1.82, 2.24) is 10.2 Å². The summed E-state index contributed by atoms with van der Waals surface area (Å²) in [7, 11) is 0. The molecule has 1 aromatic carbocycles. The second-order valence-corrected chi connectivity index (χ2v) is 5.62. The molecule has 2 rings (SSSR count). The fraction of sp³-hybridized carbons (Fsp3) is 0.412. The molecule has 134 valence electrons. The number of carbonyl (C=O) groups excluding carboxylic acids is 3. The zero-order valence-electron chi connectivity index (χ0n) is 14.1. The molecule has 8 heteroatoms. The van der Waals surface area contributed by atoms with E-state index >= 15 is 0 Å². The zero-order valence-corrected chi connectivity index (χ0v) is 14.1. The molecule has 1 heterocycles. The summed E-state index contributed by atoms with van der Waals surface area (Å²) in [5.41, 5.74) is 6.60. The summed E-state index contributed by atoms with van der Waals surface area (Å²) in [6, 6.07) is 8.51. The van der Waals surface area contributed by atoms with Crippen LogP contribution in [0.2, 0.25) is 0 Å². The van der Waals surface area contributed by atoms with Gasteiger partial charge in [0.2, 0.25) is 11.9 Å². The van der Waals surface area contributed by atoms with Gasteiger partial charge < -0.3 is 15.8 Å². The number of amides is 3. The fourth-order valence-electron chi connectivity index (χ4n) is 2.44. The largest absolute Gasteiger partial charge is 0.443 e. The molecule has 3 N–H and O–H groups in total. The van der Waals surface area contributed by atoms with Gasteiger partial charge in [-0.05, 0) is 18.4 Å². The molecule has 0 spiro atoms. The highest BCUT2D eigenvalue weighted by molar-refractivity contribution is 6.03. The van der Waals surface area contributed by atoms with Crippen LogP contribution >= 0.6 is 0 Å². The highest BCUT2D eigenvalue weighted by Gasteiger charge is 2.31. The van der Waals surface area contributed by atoms with E-state index < -0.39 is 12.1 Å². The first kappa shape index (κ1) is 18.4. The molecule has 0 aliphatic carbocycles. The Morgan fingerprint density at radius 3 is 2.76 bits per heavy atom. The van der Waals surface area contributed by atoms with Crippen LogP contribution in [0.1, 0.15) is 31.7 Å². The van der Waals surface area contributed by atoms with E-state index in [-0.39, 0.29) is 24.4 Å². The van der Waals surface area contributed by atoms with Gasteiger partial charge in [-0.15, -0.1) is 4.99 Å². The Kier molecular flexibility index (Phi) is 6.50. The van der Waals surface area contributed by atoms with Crippen LogP contribution in [0.3, 0.4) is 0 Å². The van der Waals surface area contributed by atoms with Gasteiger partial charge in [0, 0.05) is 13.0 Å². The van der Waals surface area contributed by atoms with Gasteiger partial charge in [-0.3, -0.25) is 14.5 Å². The van der Waals surface area contributed by atoms with Gasteiger partial charge in [-0.25, -0.2) is 4.79 Å². The number of guanidine groups is 1. The molecule has 1 atom stereocenters. The Hall–Kier alpha value is -2.90. The van der Waals surface area contributed by atoms with E-state index in [1.54, 1.807) is 6.92 Å². The molecular formula is C17H22N4O4. The Labute approximate surface area is 146 Å². The molecule has 1 aromatic rings. The molecule has 8 nitrogen and oxygen atoms in total. The molecule has 0 aromatic heterocycles. The molecule has 0 unspecified atom stereocenters. The third kappa shape index (κ3) is 5.30. The number of nitrogens with two attached hydrogens (primary N) is 1. The van der Waals surface area contributed by atoms with Crippen molar-refractivity contribution in [3.05, 3.63) is 35.9 Å². The monoisotopic (exact) mass is 346 g/mol. The minimum Gasteiger partial charge on any atom is -0.443 e. The van der Waals surface area contributed by atoms with Gasteiger partial charge in [-0.2, -0.15) is 0 Å². The SMILES string of the molecule is CCC(=O)N[C@H]1CCCN(C(N)=NC(=O)OCc2ccccc2)C1=O. The molecule has 0 saturated carbocycles. The lowest BCUT2D eigenvalue weighted by atomic mass is 10.0. The van der Waals surface area contributed by atoms with E-state index in [2.05, 4.69) is 10.3 Å². The summed E-state index contributed by atoms with van der Waals surface area (Å²) in [6.07, 6.45) is 0.607. The lowest BCUT2D eigenvalue weighted by Crippen LogP contribution is -2.56. The maximum atomic E-state index is 12.4. The van der Waals surface area contributed by atoms with Gasteiger partial charge in [0.05, 0.1) is 0 Å². The van der Waals surface area contributed by atoms with Crippen molar-refractivity contribution < 1.29 is 19.1 Å². The van der Waals surface area contributed by atoms with Crippen molar-refractivity contribution >= 4 is 23.9 Å². The summed E-state index contributed by atoms with van der Waals surface area (Å²) < 4.78 is 5.02. The summed E-state index contributed by atoms with van der Waals surface area (Å²) in [5, 5.41) is 2.65. The van der Waals surface area contributed by atoms with Crippen LogP contribution in [-0.2, 0) is 20.9 Å². The van der Waals surface area contributed by atoms with Crippen LogP contribution in [0.25, 0.3) is 0 Å². The van der Waals surface area contributed by atoms with Gasteiger partial charge in [0.15, 0.2) is 0 Å². The van der Waals surface area contributed by atoms with E-state index in [9.17, 15) is 14.4 Å². The van der Waals surface area contributed by atoms with Gasteiger partial charge in [0.1, 0.15) is 12.6 Å². The summed E-state index contributed by atoms with van der Waals surface area (Å²) in [4.78, 5) is 40.5. The number of rotatable bonds is 4. The second-order valence-electron chi connectivity index (χ2n) is 5.62. The maximum Gasteiger partial charge on any atom is 0.437 e. The number of nitrogens with zero attached hydrogens (tertiary/aromatic N) is 2. The molecule has 1 aliphatic heterocycles. The number of likely N-dealkylation sites (tertiary alicyclic amines) is 1.